The molecule has 0 aromatic heterocycles. The van der Waals surface area contributed by atoms with E-state index in [4.69, 9.17) is 0 Å². The zero-order valence-corrected chi connectivity index (χ0v) is 10.1. The normalized spacial score (nSPS) is 19.8. The van der Waals surface area contributed by atoms with Gasteiger partial charge in [0.1, 0.15) is 0 Å². The van der Waals surface area contributed by atoms with Gasteiger partial charge in [0.25, 0.3) is 0 Å². The van der Waals surface area contributed by atoms with Crippen LogP contribution in [-0.2, 0) is 4.79 Å². The number of carbonyl (C=O) groups excluding carboxylic acids is 1. The van der Waals surface area contributed by atoms with Crippen LogP contribution in [-0.4, -0.2) is 11.9 Å². The van der Waals surface area contributed by atoms with E-state index in [0.29, 0.717) is 6.04 Å². The molecule has 2 heteroatoms. The molecular formula is C13H25NO. The summed E-state index contributed by atoms with van der Waals surface area (Å²) in [5.74, 6) is 0.236. The third kappa shape index (κ3) is 5.81. The van der Waals surface area contributed by atoms with Gasteiger partial charge in [0.05, 0.1) is 0 Å². The molecule has 1 aliphatic rings. The van der Waals surface area contributed by atoms with Gasteiger partial charge in [0.15, 0.2) is 0 Å². The average Bonchev–Trinajstić information content (AvgIpc) is 2.19. The van der Waals surface area contributed by atoms with Crippen molar-refractivity contribution in [2.24, 2.45) is 0 Å². The smallest absolute Gasteiger partial charge is 0.222 e. The highest BCUT2D eigenvalue weighted by atomic mass is 16.2. The first-order chi connectivity index (χ1) is 7.33. The maximum Gasteiger partial charge on any atom is 0.222 e. The minimum Gasteiger partial charge on any atom is -0.353 e. The molecule has 1 amide bonds. The van der Waals surface area contributed by atoms with Crippen molar-refractivity contribution in [1.82, 2.24) is 5.32 Å². The molecule has 2 nitrogen and oxygen atoms in total. The molecule has 1 unspecified atom stereocenters. The lowest BCUT2D eigenvalue weighted by Gasteiger charge is -2.26. The topological polar surface area (TPSA) is 29.1 Å². The Balaban J connectivity index is 1.72. The van der Waals surface area contributed by atoms with Crippen LogP contribution in [0.2, 0.25) is 0 Å². The van der Waals surface area contributed by atoms with Gasteiger partial charge in [-0.1, -0.05) is 58.3 Å². The molecule has 0 bridgehead atoms. The van der Waals surface area contributed by atoms with Gasteiger partial charge in [-0.25, -0.2) is 0 Å². The van der Waals surface area contributed by atoms with Gasteiger partial charge in [0.2, 0.25) is 5.91 Å². The van der Waals surface area contributed by atoms with E-state index in [9.17, 15) is 4.79 Å². The maximum absolute atomic E-state index is 10.6. The number of rotatable bonds is 9. The quantitative estimate of drug-likeness (QED) is 0.459. The number of hydrogen-bond donors (Lipinski definition) is 1. The molecule has 1 fully saturated rings. The summed E-state index contributed by atoms with van der Waals surface area (Å²) in [6.07, 6.45) is 12.9. The van der Waals surface area contributed by atoms with Crippen LogP contribution >= 0.6 is 0 Å². The predicted octanol–water partition coefficient (Wildman–Crippen LogP) is 3.41. The lowest BCUT2D eigenvalue weighted by molar-refractivity contribution is -0.128. The van der Waals surface area contributed by atoms with Crippen LogP contribution in [0.15, 0.2) is 0 Å². The summed E-state index contributed by atoms with van der Waals surface area (Å²) in [5, 5.41) is 2.92. The van der Waals surface area contributed by atoms with Crippen LogP contribution in [0.5, 0.6) is 0 Å². The van der Waals surface area contributed by atoms with Crippen molar-refractivity contribution in [3.05, 3.63) is 0 Å². The molecule has 1 aliphatic heterocycles. The van der Waals surface area contributed by atoms with Gasteiger partial charge in [-0.05, 0) is 6.42 Å². The summed E-state index contributed by atoms with van der Waals surface area (Å²) in [4.78, 5) is 10.6. The van der Waals surface area contributed by atoms with Crippen molar-refractivity contribution in [2.45, 2.75) is 77.2 Å². The number of β-lactam (4-membered cyclic amide) rings is 1. The Morgan fingerprint density at radius 3 is 2.13 bits per heavy atom. The van der Waals surface area contributed by atoms with Crippen LogP contribution in [0, 0.1) is 0 Å². The van der Waals surface area contributed by atoms with Crippen LogP contribution in [0.4, 0.5) is 0 Å². The Labute approximate surface area is 93.8 Å². The van der Waals surface area contributed by atoms with Crippen LogP contribution in [0.3, 0.4) is 0 Å². The van der Waals surface area contributed by atoms with Gasteiger partial charge in [0, 0.05) is 12.5 Å². The summed E-state index contributed by atoms with van der Waals surface area (Å²) in [7, 11) is 0. The molecule has 0 radical (unpaired) electrons. The first-order valence-corrected chi connectivity index (χ1v) is 6.62. The van der Waals surface area contributed by atoms with Crippen molar-refractivity contribution in [1.29, 1.82) is 0 Å². The minimum atomic E-state index is 0.236. The van der Waals surface area contributed by atoms with E-state index in [1.807, 2.05) is 0 Å². The lowest BCUT2D eigenvalue weighted by atomic mass is 9.98. The Bertz CT molecular complexity index is 171. The van der Waals surface area contributed by atoms with Crippen molar-refractivity contribution in [2.75, 3.05) is 0 Å². The number of carbonyl (C=O) groups is 1. The number of hydrogen-bond acceptors (Lipinski definition) is 1. The Kier molecular flexibility index (Phi) is 6.45. The van der Waals surface area contributed by atoms with Crippen molar-refractivity contribution in [3.63, 3.8) is 0 Å². The fraction of sp³-hybridized carbons (Fsp3) is 0.923. The van der Waals surface area contributed by atoms with E-state index >= 15 is 0 Å². The zero-order valence-electron chi connectivity index (χ0n) is 10.1. The fourth-order valence-corrected chi connectivity index (χ4v) is 2.13. The van der Waals surface area contributed by atoms with E-state index in [1.165, 1.54) is 57.8 Å². The van der Waals surface area contributed by atoms with Crippen molar-refractivity contribution < 1.29 is 4.79 Å². The van der Waals surface area contributed by atoms with Gasteiger partial charge >= 0.3 is 0 Å². The highest BCUT2D eigenvalue weighted by molar-refractivity contribution is 5.82. The maximum atomic E-state index is 10.6. The SMILES string of the molecule is CCCCCCCCCCC1CC(=O)N1. The summed E-state index contributed by atoms with van der Waals surface area (Å²) >= 11 is 0. The third-order valence-corrected chi connectivity index (χ3v) is 3.20. The summed E-state index contributed by atoms with van der Waals surface area (Å²) < 4.78 is 0. The third-order valence-electron chi connectivity index (χ3n) is 3.20. The lowest BCUT2D eigenvalue weighted by Crippen LogP contribution is -2.48. The predicted molar refractivity (Wildman–Crippen MR) is 63.8 cm³/mol. The van der Waals surface area contributed by atoms with E-state index in [-0.39, 0.29) is 5.91 Å². The largest absolute Gasteiger partial charge is 0.353 e. The fourth-order valence-electron chi connectivity index (χ4n) is 2.13. The first kappa shape index (κ1) is 12.5. The molecule has 1 N–H and O–H groups in total. The van der Waals surface area contributed by atoms with Crippen LogP contribution in [0.1, 0.15) is 71.1 Å². The van der Waals surface area contributed by atoms with Crippen molar-refractivity contribution >= 4 is 5.91 Å². The molecule has 1 saturated heterocycles. The zero-order chi connectivity index (χ0) is 10.9. The van der Waals surface area contributed by atoms with E-state index in [2.05, 4.69) is 12.2 Å². The second-order valence-corrected chi connectivity index (χ2v) is 4.73. The van der Waals surface area contributed by atoms with Gasteiger partial charge in [-0.15, -0.1) is 0 Å². The average molecular weight is 211 g/mol. The van der Waals surface area contributed by atoms with Gasteiger partial charge < -0.3 is 5.32 Å². The first-order valence-electron chi connectivity index (χ1n) is 6.62. The van der Waals surface area contributed by atoms with E-state index in [0.717, 1.165) is 6.42 Å². The standard InChI is InChI=1S/C13H25NO/c1-2-3-4-5-6-7-8-9-10-12-11-13(15)14-12/h12H,2-11H2,1H3,(H,14,15). The summed E-state index contributed by atoms with van der Waals surface area (Å²) in [6, 6.07) is 0.512. The molecule has 1 rings (SSSR count). The Hall–Kier alpha value is -0.530. The molecule has 0 spiro atoms. The van der Waals surface area contributed by atoms with Crippen molar-refractivity contribution in [3.8, 4) is 0 Å². The van der Waals surface area contributed by atoms with E-state index in [1.54, 1.807) is 0 Å². The second-order valence-electron chi connectivity index (χ2n) is 4.73. The monoisotopic (exact) mass is 211 g/mol. The highest BCUT2D eigenvalue weighted by Crippen LogP contribution is 2.14. The molecule has 0 aromatic rings. The molecule has 1 atom stereocenters. The van der Waals surface area contributed by atoms with Crippen LogP contribution in [0.25, 0.3) is 0 Å². The second kappa shape index (κ2) is 7.72. The molecule has 0 saturated carbocycles. The summed E-state index contributed by atoms with van der Waals surface area (Å²) in [5.41, 5.74) is 0. The number of amides is 1. The molecule has 88 valence electrons. The number of unbranched alkanes of at least 4 members (excludes halogenated alkanes) is 7. The summed E-state index contributed by atoms with van der Waals surface area (Å²) in [6.45, 7) is 2.26. The van der Waals surface area contributed by atoms with E-state index < -0.39 is 0 Å². The van der Waals surface area contributed by atoms with Gasteiger partial charge in [-0.2, -0.15) is 0 Å². The molecule has 0 aromatic carbocycles. The van der Waals surface area contributed by atoms with Crippen LogP contribution < -0.4 is 5.32 Å². The van der Waals surface area contributed by atoms with Gasteiger partial charge in [-0.3, -0.25) is 4.79 Å². The molecular weight excluding hydrogens is 186 g/mol. The Morgan fingerprint density at radius 2 is 1.60 bits per heavy atom. The molecule has 1 heterocycles. The molecule has 0 aliphatic carbocycles. The Morgan fingerprint density at radius 1 is 1.07 bits per heavy atom. The minimum absolute atomic E-state index is 0.236. The molecule has 15 heavy (non-hydrogen) atoms. The number of nitrogens with one attached hydrogen (secondary N) is 1. The highest BCUT2D eigenvalue weighted by Gasteiger charge is 2.23.